The Hall–Kier alpha value is -1.59. The van der Waals surface area contributed by atoms with Crippen LogP contribution in [0.1, 0.15) is 17.6 Å². The van der Waals surface area contributed by atoms with Crippen molar-refractivity contribution in [3.8, 4) is 11.5 Å². The molecular formula is C13H16N2O2S. The van der Waals surface area contributed by atoms with Gasteiger partial charge in [0.15, 0.2) is 0 Å². The predicted octanol–water partition coefficient (Wildman–Crippen LogP) is 2.58. The lowest BCUT2D eigenvalue weighted by Gasteiger charge is -2.07. The number of nitrogens with zero attached hydrogens (tertiary/aromatic N) is 1. The maximum absolute atomic E-state index is 5.66. The average molecular weight is 264 g/mol. The number of ether oxygens (including phenoxy) is 2. The molecular weight excluding hydrogens is 248 g/mol. The van der Waals surface area contributed by atoms with Crippen molar-refractivity contribution >= 4 is 11.3 Å². The van der Waals surface area contributed by atoms with E-state index in [1.807, 2.05) is 36.6 Å². The first-order valence-electron chi connectivity index (χ1n) is 5.81. The summed E-state index contributed by atoms with van der Waals surface area (Å²) in [6.45, 7) is 3.53. The van der Waals surface area contributed by atoms with E-state index in [4.69, 9.17) is 15.2 Å². The molecule has 4 nitrogen and oxygen atoms in total. The van der Waals surface area contributed by atoms with Crippen LogP contribution in [0.4, 0.5) is 0 Å². The highest BCUT2D eigenvalue weighted by atomic mass is 32.1. The lowest BCUT2D eigenvalue weighted by atomic mass is 10.3. The molecule has 2 N–H and O–H groups in total. The van der Waals surface area contributed by atoms with Gasteiger partial charge in [0, 0.05) is 18.0 Å². The van der Waals surface area contributed by atoms with Gasteiger partial charge in [0.05, 0.1) is 12.3 Å². The Kier molecular flexibility index (Phi) is 4.55. The van der Waals surface area contributed by atoms with Gasteiger partial charge in [0.2, 0.25) is 0 Å². The van der Waals surface area contributed by atoms with Crippen molar-refractivity contribution in [2.75, 3.05) is 6.61 Å². The van der Waals surface area contributed by atoms with E-state index >= 15 is 0 Å². The molecule has 5 heteroatoms. The third-order valence-corrected chi connectivity index (χ3v) is 3.16. The summed E-state index contributed by atoms with van der Waals surface area (Å²) < 4.78 is 11.1. The standard InChI is InChI=1S/C13H16N2O2S/c1-2-16-11-4-3-5-12(6-11)17-8-13-15-10(7-14)9-18-13/h3-6,9H,2,7-8,14H2,1H3. The molecule has 0 aliphatic carbocycles. The van der Waals surface area contributed by atoms with E-state index in [1.54, 1.807) is 11.3 Å². The van der Waals surface area contributed by atoms with Gasteiger partial charge in [-0.1, -0.05) is 6.07 Å². The number of benzene rings is 1. The van der Waals surface area contributed by atoms with Crippen LogP contribution in [0, 0.1) is 0 Å². The van der Waals surface area contributed by atoms with Crippen LogP contribution in [0.15, 0.2) is 29.6 Å². The zero-order chi connectivity index (χ0) is 12.8. The Labute approximate surface area is 110 Å². The van der Waals surface area contributed by atoms with E-state index in [0.29, 0.717) is 19.8 Å². The summed E-state index contributed by atoms with van der Waals surface area (Å²) in [5.41, 5.74) is 6.41. The topological polar surface area (TPSA) is 57.4 Å². The first-order chi connectivity index (χ1) is 8.81. The third kappa shape index (κ3) is 3.45. The summed E-state index contributed by atoms with van der Waals surface area (Å²) in [5, 5.41) is 2.88. The lowest BCUT2D eigenvalue weighted by Crippen LogP contribution is -1.99. The lowest BCUT2D eigenvalue weighted by molar-refractivity contribution is 0.299. The Morgan fingerprint density at radius 3 is 2.72 bits per heavy atom. The van der Waals surface area contributed by atoms with E-state index in [9.17, 15) is 0 Å². The molecule has 0 unspecified atom stereocenters. The highest BCUT2D eigenvalue weighted by Crippen LogP contribution is 2.21. The number of hydrogen-bond donors (Lipinski definition) is 1. The molecule has 1 aromatic carbocycles. The average Bonchev–Trinajstić information content (AvgIpc) is 2.85. The fourth-order valence-corrected chi connectivity index (χ4v) is 2.19. The molecule has 0 aliphatic rings. The Balaban J connectivity index is 1.94. The number of hydrogen-bond acceptors (Lipinski definition) is 5. The van der Waals surface area contributed by atoms with Crippen LogP contribution < -0.4 is 15.2 Å². The zero-order valence-corrected chi connectivity index (χ0v) is 11.1. The molecule has 0 aliphatic heterocycles. The second-order valence-corrected chi connectivity index (χ2v) is 4.58. The number of nitrogens with two attached hydrogens (primary N) is 1. The number of rotatable bonds is 6. The fourth-order valence-electron chi connectivity index (χ4n) is 1.47. The van der Waals surface area contributed by atoms with Crippen molar-refractivity contribution in [1.29, 1.82) is 0 Å². The van der Waals surface area contributed by atoms with Crippen LogP contribution in [-0.4, -0.2) is 11.6 Å². The van der Waals surface area contributed by atoms with Crippen LogP contribution in [0.2, 0.25) is 0 Å². The van der Waals surface area contributed by atoms with Crippen molar-refractivity contribution in [2.45, 2.75) is 20.1 Å². The molecule has 18 heavy (non-hydrogen) atoms. The van der Waals surface area contributed by atoms with E-state index < -0.39 is 0 Å². The molecule has 0 amide bonds. The maximum Gasteiger partial charge on any atom is 0.140 e. The van der Waals surface area contributed by atoms with Gasteiger partial charge in [0.1, 0.15) is 23.1 Å². The van der Waals surface area contributed by atoms with Crippen molar-refractivity contribution in [1.82, 2.24) is 4.98 Å². The highest BCUT2D eigenvalue weighted by molar-refractivity contribution is 7.09. The van der Waals surface area contributed by atoms with E-state index in [-0.39, 0.29) is 0 Å². The third-order valence-electron chi connectivity index (χ3n) is 2.29. The molecule has 96 valence electrons. The molecule has 2 rings (SSSR count). The predicted molar refractivity (Wildman–Crippen MR) is 71.9 cm³/mol. The first-order valence-corrected chi connectivity index (χ1v) is 6.68. The molecule has 2 aromatic rings. The molecule has 0 saturated heterocycles. The van der Waals surface area contributed by atoms with Crippen LogP contribution in [0.5, 0.6) is 11.5 Å². The minimum atomic E-state index is 0.459. The molecule has 0 fully saturated rings. The minimum Gasteiger partial charge on any atom is -0.494 e. The second kappa shape index (κ2) is 6.37. The second-order valence-electron chi connectivity index (χ2n) is 3.63. The van der Waals surface area contributed by atoms with Gasteiger partial charge in [-0.2, -0.15) is 0 Å². The van der Waals surface area contributed by atoms with Gasteiger partial charge in [0.25, 0.3) is 0 Å². The van der Waals surface area contributed by atoms with Crippen molar-refractivity contribution < 1.29 is 9.47 Å². The molecule has 0 atom stereocenters. The quantitative estimate of drug-likeness (QED) is 0.871. The summed E-state index contributed by atoms with van der Waals surface area (Å²) in [7, 11) is 0. The van der Waals surface area contributed by atoms with Crippen LogP contribution in [0.25, 0.3) is 0 Å². The normalized spacial score (nSPS) is 10.3. The summed E-state index contributed by atoms with van der Waals surface area (Å²) in [6.07, 6.45) is 0. The van der Waals surface area contributed by atoms with Gasteiger partial charge >= 0.3 is 0 Å². The molecule has 0 saturated carbocycles. The highest BCUT2D eigenvalue weighted by Gasteiger charge is 2.02. The monoisotopic (exact) mass is 264 g/mol. The van der Waals surface area contributed by atoms with Gasteiger partial charge in [-0.25, -0.2) is 4.98 Å². The SMILES string of the molecule is CCOc1cccc(OCc2nc(CN)cs2)c1. The molecule has 1 heterocycles. The van der Waals surface area contributed by atoms with E-state index in [0.717, 1.165) is 22.2 Å². The molecule has 0 bridgehead atoms. The van der Waals surface area contributed by atoms with Gasteiger partial charge in [-0.15, -0.1) is 11.3 Å². The molecule has 1 aromatic heterocycles. The number of aromatic nitrogens is 1. The van der Waals surface area contributed by atoms with Crippen LogP contribution in [0.3, 0.4) is 0 Å². The molecule has 0 radical (unpaired) electrons. The van der Waals surface area contributed by atoms with Gasteiger partial charge < -0.3 is 15.2 Å². The number of thiazole rings is 1. The minimum absolute atomic E-state index is 0.459. The summed E-state index contributed by atoms with van der Waals surface area (Å²) in [6, 6.07) is 7.60. The van der Waals surface area contributed by atoms with E-state index in [2.05, 4.69) is 4.98 Å². The van der Waals surface area contributed by atoms with Crippen LogP contribution in [-0.2, 0) is 13.2 Å². The van der Waals surface area contributed by atoms with Crippen molar-refractivity contribution in [3.63, 3.8) is 0 Å². The Bertz CT molecular complexity index is 499. The summed E-state index contributed by atoms with van der Waals surface area (Å²) >= 11 is 1.56. The van der Waals surface area contributed by atoms with Crippen LogP contribution >= 0.6 is 11.3 Å². The Morgan fingerprint density at radius 1 is 1.28 bits per heavy atom. The van der Waals surface area contributed by atoms with Crippen molar-refractivity contribution in [2.24, 2.45) is 5.73 Å². The fraction of sp³-hybridized carbons (Fsp3) is 0.308. The summed E-state index contributed by atoms with van der Waals surface area (Å²) in [4.78, 5) is 4.34. The smallest absolute Gasteiger partial charge is 0.140 e. The van der Waals surface area contributed by atoms with Gasteiger partial charge in [-0.3, -0.25) is 0 Å². The zero-order valence-electron chi connectivity index (χ0n) is 10.3. The molecule has 0 spiro atoms. The van der Waals surface area contributed by atoms with Gasteiger partial charge in [-0.05, 0) is 19.1 Å². The Morgan fingerprint density at radius 2 is 2.06 bits per heavy atom. The maximum atomic E-state index is 5.66. The van der Waals surface area contributed by atoms with Crippen molar-refractivity contribution in [3.05, 3.63) is 40.3 Å². The first kappa shape index (κ1) is 12.9. The van der Waals surface area contributed by atoms with E-state index in [1.165, 1.54) is 0 Å². The summed E-state index contributed by atoms with van der Waals surface area (Å²) in [5.74, 6) is 1.60. The largest absolute Gasteiger partial charge is 0.494 e.